The van der Waals surface area contributed by atoms with Crippen molar-refractivity contribution in [2.24, 2.45) is 5.92 Å². The molecule has 1 N–H and O–H groups in total. The van der Waals surface area contributed by atoms with Crippen molar-refractivity contribution in [2.45, 2.75) is 19.4 Å². The van der Waals surface area contributed by atoms with Crippen LogP contribution in [0.25, 0.3) is 0 Å². The predicted molar refractivity (Wildman–Crippen MR) is 79.7 cm³/mol. The third kappa shape index (κ3) is 5.69. The number of carbonyl (C=O) groups is 2. The lowest BCUT2D eigenvalue weighted by atomic mass is 9.94. The van der Waals surface area contributed by atoms with Gasteiger partial charge in [0, 0.05) is 0 Å². The summed E-state index contributed by atoms with van der Waals surface area (Å²) < 4.78 is 9.24. The third-order valence-corrected chi connectivity index (χ3v) is 3.10. The van der Waals surface area contributed by atoms with Crippen molar-refractivity contribution in [3.63, 3.8) is 0 Å². The van der Waals surface area contributed by atoms with Gasteiger partial charge in [0.05, 0.1) is 26.7 Å². The van der Waals surface area contributed by atoms with E-state index in [1.54, 1.807) is 6.08 Å². The van der Waals surface area contributed by atoms with Crippen LogP contribution < -0.4 is 5.32 Å². The molecule has 0 fully saturated rings. The maximum atomic E-state index is 11.5. The number of alkyl carbamates (subject to hydrolysis) is 1. The minimum absolute atomic E-state index is 0.00356. The first-order valence-electron chi connectivity index (χ1n) is 6.71. The minimum Gasteiger partial charge on any atom is -0.469 e. The maximum absolute atomic E-state index is 11.5. The molecule has 0 aliphatic rings. The number of hydrogen-bond donors (Lipinski definition) is 1. The van der Waals surface area contributed by atoms with Gasteiger partial charge in [0.2, 0.25) is 0 Å². The molecule has 0 aliphatic heterocycles. The van der Waals surface area contributed by atoms with Crippen LogP contribution in [0.1, 0.15) is 24.9 Å². The Bertz CT molecular complexity index is 484. The average molecular weight is 291 g/mol. The molecule has 0 heterocycles. The van der Waals surface area contributed by atoms with Crippen LogP contribution in [-0.4, -0.2) is 26.3 Å². The molecule has 0 spiro atoms. The average Bonchev–Trinajstić information content (AvgIpc) is 2.52. The highest BCUT2D eigenvalue weighted by atomic mass is 16.5. The van der Waals surface area contributed by atoms with Gasteiger partial charge in [0.25, 0.3) is 0 Å². The lowest BCUT2D eigenvalue weighted by Gasteiger charge is -2.22. The molecule has 21 heavy (non-hydrogen) atoms. The van der Waals surface area contributed by atoms with E-state index in [1.165, 1.54) is 14.2 Å². The van der Waals surface area contributed by atoms with Crippen LogP contribution in [0.4, 0.5) is 4.79 Å². The molecule has 5 heteroatoms. The zero-order valence-corrected chi connectivity index (χ0v) is 12.5. The first kappa shape index (κ1) is 16.8. The molecule has 0 aromatic heterocycles. The van der Waals surface area contributed by atoms with Crippen LogP contribution in [0.15, 0.2) is 42.5 Å². The Morgan fingerprint density at radius 2 is 1.86 bits per heavy atom. The van der Waals surface area contributed by atoms with Crippen molar-refractivity contribution in [3.05, 3.63) is 48.0 Å². The summed E-state index contributed by atoms with van der Waals surface area (Å²) in [6.45, 7) is 1.96. The number of amides is 1. The van der Waals surface area contributed by atoms with Gasteiger partial charge in [-0.25, -0.2) is 4.79 Å². The highest BCUT2D eigenvalue weighted by Crippen LogP contribution is 2.23. The van der Waals surface area contributed by atoms with Gasteiger partial charge in [-0.2, -0.15) is 0 Å². The highest BCUT2D eigenvalue weighted by Gasteiger charge is 2.19. The molecule has 0 bridgehead atoms. The lowest BCUT2D eigenvalue weighted by Crippen LogP contribution is -2.31. The number of nitrogens with one attached hydrogen (secondary N) is 1. The molecule has 1 aromatic carbocycles. The Hall–Kier alpha value is -2.30. The fourth-order valence-corrected chi connectivity index (χ4v) is 1.94. The summed E-state index contributed by atoms with van der Waals surface area (Å²) in [4.78, 5) is 22.6. The Morgan fingerprint density at radius 1 is 1.19 bits per heavy atom. The van der Waals surface area contributed by atoms with Crippen LogP contribution in [0.2, 0.25) is 0 Å². The van der Waals surface area contributed by atoms with E-state index in [-0.39, 0.29) is 24.3 Å². The fraction of sp³-hybridized carbons (Fsp3) is 0.375. The number of methoxy groups -OCH3 is 2. The van der Waals surface area contributed by atoms with E-state index in [0.717, 1.165) is 5.56 Å². The molecule has 114 valence electrons. The molecule has 0 radical (unpaired) electrons. The van der Waals surface area contributed by atoms with Crippen molar-refractivity contribution in [2.75, 3.05) is 14.2 Å². The van der Waals surface area contributed by atoms with E-state index in [9.17, 15) is 9.59 Å². The van der Waals surface area contributed by atoms with Crippen LogP contribution in [0, 0.1) is 5.92 Å². The van der Waals surface area contributed by atoms with Gasteiger partial charge < -0.3 is 14.8 Å². The van der Waals surface area contributed by atoms with Crippen molar-refractivity contribution >= 4 is 12.1 Å². The van der Waals surface area contributed by atoms with Crippen molar-refractivity contribution in [1.29, 1.82) is 0 Å². The van der Waals surface area contributed by atoms with E-state index in [1.807, 2.05) is 43.3 Å². The van der Waals surface area contributed by atoms with Crippen molar-refractivity contribution < 1.29 is 19.1 Å². The standard InChI is InChI=1S/C16H21NO4/c1-12(8-7-11-14(18)20-2)15(17-16(19)21-3)13-9-5-4-6-10-13/h4-10,12,15H,11H2,1-3H3,(H,17,19)/b8-7+/t12-,15+/m0/s1. The first-order valence-corrected chi connectivity index (χ1v) is 6.71. The molecule has 0 saturated heterocycles. The van der Waals surface area contributed by atoms with Gasteiger partial charge in [-0.15, -0.1) is 0 Å². The number of esters is 1. The van der Waals surface area contributed by atoms with E-state index in [0.29, 0.717) is 0 Å². The first-order chi connectivity index (χ1) is 10.1. The summed E-state index contributed by atoms with van der Waals surface area (Å²) in [6, 6.07) is 9.37. The summed E-state index contributed by atoms with van der Waals surface area (Å²) >= 11 is 0. The van der Waals surface area contributed by atoms with Gasteiger partial charge in [-0.3, -0.25) is 4.79 Å². The van der Waals surface area contributed by atoms with Crippen LogP contribution in [0.3, 0.4) is 0 Å². The summed E-state index contributed by atoms with van der Waals surface area (Å²) in [6.07, 6.45) is 3.34. The van der Waals surface area contributed by atoms with E-state index in [4.69, 9.17) is 0 Å². The molecule has 1 rings (SSSR count). The number of ether oxygens (including phenoxy) is 2. The molecule has 0 unspecified atom stereocenters. The smallest absolute Gasteiger partial charge is 0.407 e. The Kier molecular flexibility index (Phi) is 7.01. The molecule has 0 aliphatic carbocycles. The van der Waals surface area contributed by atoms with E-state index >= 15 is 0 Å². The van der Waals surface area contributed by atoms with Crippen LogP contribution >= 0.6 is 0 Å². The second kappa shape index (κ2) is 8.79. The zero-order chi connectivity index (χ0) is 15.7. The van der Waals surface area contributed by atoms with Crippen LogP contribution in [-0.2, 0) is 14.3 Å². The lowest BCUT2D eigenvalue weighted by molar-refractivity contribution is -0.139. The topological polar surface area (TPSA) is 64.6 Å². The second-order valence-electron chi connectivity index (χ2n) is 4.59. The molecule has 1 amide bonds. The number of rotatable bonds is 6. The maximum Gasteiger partial charge on any atom is 0.407 e. The zero-order valence-electron chi connectivity index (χ0n) is 12.5. The van der Waals surface area contributed by atoms with Gasteiger partial charge in [0.1, 0.15) is 0 Å². The Labute approximate surface area is 124 Å². The molecule has 2 atom stereocenters. The second-order valence-corrected chi connectivity index (χ2v) is 4.59. The molecule has 0 saturated carbocycles. The van der Waals surface area contributed by atoms with Gasteiger partial charge in [-0.1, -0.05) is 49.4 Å². The SMILES string of the molecule is COC(=O)C/C=C/[C@H](C)[C@@H](NC(=O)OC)c1ccccc1. The van der Waals surface area contributed by atoms with Crippen molar-refractivity contribution in [1.82, 2.24) is 5.32 Å². The van der Waals surface area contributed by atoms with E-state index < -0.39 is 6.09 Å². The molecule has 1 aromatic rings. The van der Waals surface area contributed by atoms with Crippen molar-refractivity contribution in [3.8, 4) is 0 Å². The van der Waals surface area contributed by atoms with Gasteiger partial charge >= 0.3 is 12.1 Å². The quantitative estimate of drug-likeness (QED) is 0.646. The van der Waals surface area contributed by atoms with Crippen LogP contribution in [0.5, 0.6) is 0 Å². The largest absolute Gasteiger partial charge is 0.469 e. The van der Waals surface area contributed by atoms with Gasteiger partial charge in [0.15, 0.2) is 0 Å². The highest BCUT2D eigenvalue weighted by molar-refractivity contribution is 5.71. The third-order valence-electron chi connectivity index (χ3n) is 3.10. The molecular formula is C16H21NO4. The summed E-state index contributed by atoms with van der Waals surface area (Å²) in [5.74, 6) is -0.299. The Morgan fingerprint density at radius 3 is 2.43 bits per heavy atom. The summed E-state index contributed by atoms with van der Waals surface area (Å²) in [5.41, 5.74) is 0.970. The normalized spacial score (nSPS) is 13.5. The number of carbonyl (C=O) groups excluding carboxylic acids is 2. The molecule has 5 nitrogen and oxygen atoms in total. The number of hydrogen-bond acceptors (Lipinski definition) is 4. The Balaban J connectivity index is 2.80. The monoisotopic (exact) mass is 291 g/mol. The van der Waals surface area contributed by atoms with Gasteiger partial charge in [-0.05, 0) is 11.5 Å². The summed E-state index contributed by atoms with van der Waals surface area (Å²) in [5, 5.41) is 2.81. The van der Waals surface area contributed by atoms with E-state index in [2.05, 4.69) is 14.8 Å². The molecular weight excluding hydrogens is 270 g/mol. The predicted octanol–water partition coefficient (Wildman–Crippen LogP) is 2.84. The fourth-order valence-electron chi connectivity index (χ4n) is 1.94. The minimum atomic E-state index is -0.489. The number of benzene rings is 1. The summed E-state index contributed by atoms with van der Waals surface area (Å²) in [7, 11) is 2.68.